The summed E-state index contributed by atoms with van der Waals surface area (Å²) in [6.07, 6.45) is -3.21. The van der Waals surface area contributed by atoms with Crippen LogP contribution >= 0.6 is 0 Å². The van der Waals surface area contributed by atoms with E-state index in [9.17, 15) is 23.2 Å². The predicted octanol–water partition coefficient (Wildman–Crippen LogP) is 5.50. The molecule has 0 amide bonds. The summed E-state index contributed by atoms with van der Waals surface area (Å²) in [4.78, 5) is 16.4. The fourth-order valence-corrected chi connectivity index (χ4v) is 3.72. The molecule has 7 nitrogen and oxygen atoms in total. The summed E-state index contributed by atoms with van der Waals surface area (Å²) in [5, 5.41) is 16.9. The van der Waals surface area contributed by atoms with Crippen LogP contribution in [-0.4, -0.2) is 27.8 Å². The third kappa shape index (κ3) is 5.20. The molecule has 2 aromatic heterocycles. The Balaban J connectivity index is 1.85. The smallest absolute Gasteiger partial charge is 0.417 e. The van der Waals surface area contributed by atoms with E-state index in [-0.39, 0.29) is 23.4 Å². The molecule has 2 aromatic carbocycles. The van der Waals surface area contributed by atoms with Crippen LogP contribution in [0.15, 0.2) is 66.9 Å². The first-order chi connectivity index (χ1) is 17.2. The predicted molar refractivity (Wildman–Crippen MR) is 127 cm³/mol. The number of nitrogens with zero attached hydrogens (tertiary/aromatic N) is 4. The average Bonchev–Trinajstić information content (AvgIpc) is 3.30. The SMILES string of the molecule is COC(=O)Cc1cc(Nc2ccc(C(F)(F)F)c(-c3ccn(C)n3)c2)c(-c2ccccc2)nc1C#N. The number of hydrogen-bond acceptors (Lipinski definition) is 6. The van der Waals surface area contributed by atoms with Gasteiger partial charge in [0.05, 0.1) is 36.2 Å². The molecule has 0 saturated heterocycles. The molecule has 1 N–H and O–H groups in total. The molecule has 0 radical (unpaired) electrons. The van der Waals surface area contributed by atoms with Crippen LogP contribution in [0.4, 0.5) is 24.5 Å². The van der Waals surface area contributed by atoms with Gasteiger partial charge in [-0.1, -0.05) is 30.3 Å². The summed E-state index contributed by atoms with van der Waals surface area (Å²) in [5.41, 5.74) is 1.46. The standard InChI is InChI=1S/C26H20F3N5O2/c1-34-11-10-21(33-34)19-14-18(8-9-20(19)26(27,28)29)31-22-12-17(13-24(35)36-2)23(15-30)32-25(22)16-6-4-3-5-7-16/h3-12,14,31H,13H2,1-2H3. The van der Waals surface area contributed by atoms with E-state index < -0.39 is 17.7 Å². The lowest BCUT2D eigenvalue weighted by Gasteiger charge is -2.17. The van der Waals surface area contributed by atoms with Crippen molar-refractivity contribution < 1.29 is 22.7 Å². The zero-order chi connectivity index (χ0) is 25.9. The zero-order valence-corrected chi connectivity index (χ0v) is 19.3. The topological polar surface area (TPSA) is 92.8 Å². The second-order valence-corrected chi connectivity index (χ2v) is 7.88. The number of alkyl halides is 3. The number of methoxy groups -OCH3 is 1. The Morgan fingerprint density at radius 3 is 2.50 bits per heavy atom. The van der Waals surface area contributed by atoms with Crippen molar-refractivity contribution in [2.24, 2.45) is 7.05 Å². The Morgan fingerprint density at radius 2 is 1.89 bits per heavy atom. The molecule has 0 bridgehead atoms. The fourth-order valence-electron chi connectivity index (χ4n) is 3.72. The number of carbonyl (C=O) groups excluding carboxylic acids is 1. The van der Waals surface area contributed by atoms with Gasteiger partial charge >= 0.3 is 12.1 Å². The van der Waals surface area contributed by atoms with E-state index in [0.29, 0.717) is 28.2 Å². The maximum Gasteiger partial charge on any atom is 0.417 e. The summed E-state index contributed by atoms with van der Waals surface area (Å²) >= 11 is 0. The molecule has 0 atom stereocenters. The number of aromatic nitrogens is 3. The van der Waals surface area contributed by atoms with Crippen molar-refractivity contribution in [1.29, 1.82) is 5.26 Å². The van der Waals surface area contributed by atoms with Crippen molar-refractivity contribution in [2.75, 3.05) is 12.4 Å². The number of rotatable bonds is 6. The van der Waals surface area contributed by atoms with E-state index in [4.69, 9.17) is 4.74 Å². The van der Waals surface area contributed by atoms with Crippen LogP contribution in [0.5, 0.6) is 0 Å². The minimum Gasteiger partial charge on any atom is -0.469 e. The number of esters is 1. The number of nitrogens with one attached hydrogen (secondary N) is 1. The molecule has 4 rings (SSSR count). The number of hydrogen-bond donors (Lipinski definition) is 1. The molecule has 0 aliphatic rings. The minimum absolute atomic E-state index is 0.0476. The molecule has 10 heteroatoms. The Labute approximate surface area is 204 Å². The number of carbonyl (C=O) groups is 1. The van der Waals surface area contributed by atoms with Gasteiger partial charge in [0.25, 0.3) is 0 Å². The quantitative estimate of drug-likeness (QED) is 0.358. The van der Waals surface area contributed by atoms with Crippen molar-refractivity contribution in [3.05, 3.63) is 83.7 Å². The first-order valence-corrected chi connectivity index (χ1v) is 10.7. The van der Waals surface area contributed by atoms with Crippen LogP contribution in [0.1, 0.15) is 16.8 Å². The lowest BCUT2D eigenvalue weighted by atomic mass is 10.0. The third-order valence-corrected chi connectivity index (χ3v) is 5.41. The van der Waals surface area contributed by atoms with Crippen LogP contribution in [0.25, 0.3) is 22.5 Å². The highest BCUT2D eigenvalue weighted by atomic mass is 19.4. The van der Waals surface area contributed by atoms with Gasteiger partial charge in [-0.25, -0.2) is 4.98 Å². The van der Waals surface area contributed by atoms with E-state index in [2.05, 4.69) is 15.4 Å². The molecule has 2 heterocycles. The highest BCUT2D eigenvalue weighted by Gasteiger charge is 2.34. The number of halogens is 3. The molecule has 0 saturated carbocycles. The first kappa shape index (κ1) is 24.5. The van der Waals surface area contributed by atoms with Crippen LogP contribution in [0.3, 0.4) is 0 Å². The highest BCUT2D eigenvalue weighted by Crippen LogP contribution is 2.39. The molecular formula is C26H20F3N5O2. The Morgan fingerprint density at radius 1 is 1.14 bits per heavy atom. The molecule has 0 unspecified atom stereocenters. The van der Waals surface area contributed by atoms with E-state index in [1.165, 1.54) is 30.0 Å². The van der Waals surface area contributed by atoms with Crippen LogP contribution in [0, 0.1) is 11.3 Å². The Bertz CT molecular complexity index is 1460. The molecule has 0 fully saturated rings. The van der Waals surface area contributed by atoms with E-state index in [0.717, 1.165) is 6.07 Å². The van der Waals surface area contributed by atoms with Gasteiger partial charge in [-0.15, -0.1) is 0 Å². The van der Waals surface area contributed by atoms with Crippen molar-refractivity contribution in [1.82, 2.24) is 14.8 Å². The van der Waals surface area contributed by atoms with Crippen molar-refractivity contribution in [3.63, 3.8) is 0 Å². The van der Waals surface area contributed by atoms with Gasteiger partial charge < -0.3 is 10.1 Å². The number of ether oxygens (including phenoxy) is 1. The summed E-state index contributed by atoms with van der Waals surface area (Å²) in [6.45, 7) is 0. The van der Waals surface area contributed by atoms with Gasteiger partial charge in [0.15, 0.2) is 0 Å². The van der Waals surface area contributed by atoms with Gasteiger partial charge in [-0.3, -0.25) is 9.48 Å². The monoisotopic (exact) mass is 491 g/mol. The van der Waals surface area contributed by atoms with Gasteiger partial charge in [0.1, 0.15) is 11.8 Å². The highest BCUT2D eigenvalue weighted by molar-refractivity contribution is 5.82. The minimum atomic E-state index is -4.58. The summed E-state index contributed by atoms with van der Waals surface area (Å²) in [7, 11) is 2.86. The normalized spacial score (nSPS) is 11.1. The molecule has 0 aliphatic carbocycles. The van der Waals surface area contributed by atoms with E-state index in [1.807, 2.05) is 12.1 Å². The maximum absolute atomic E-state index is 13.7. The van der Waals surface area contributed by atoms with E-state index in [1.54, 1.807) is 43.6 Å². The molecule has 4 aromatic rings. The van der Waals surface area contributed by atoms with Gasteiger partial charge in [-0.2, -0.15) is 23.5 Å². The lowest BCUT2D eigenvalue weighted by Crippen LogP contribution is -2.10. The molecule has 36 heavy (non-hydrogen) atoms. The van der Waals surface area contributed by atoms with Crippen LogP contribution < -0.4 is 5.32 Å². The van der Waals surface area contributed by atoms with Crippen molar-refractivity contribution in [2.45, 2.75) is 12.6 Å². The summed E-state index contributed by atoms with van der Waals surface area (Å²) < 4.78 is 47.4. The molecule has 0 spiro atoms. The Kier molecular flexibility index (Phi) is 6.74. The maximum atomic E-state index is 13.7. The molecule has 0 aliphatic heterocycles. The van der Waals surface area contributed by atoms with Gasteiger partial charge in [0, 0.05) is 35.6 Å². The Hall–Kier alpha value is -4.65. The van der Waals surface area contributed by atoms with Gasteiger partial charge in [-0.05, 0) is 30.3 Å². The summed E-state index contributed by atoms with van der Waals surface area (Å²) in [6, 6.07) is 17.7. The number of anilines is 2. The van der Waals surface area contributed by atoms with E-state index >= 15 is 0 Å². The zero-order valence-electron chi connectivity index (χ0n) is 19.3. The third-order valence-electron chi connectivity index (χ3n) is 5.41. The number of nitriles is 1. The van der Waals surface area contributed by atoms with Crippen LogP contribution in [-0.2, 0) is 29.2 Å². The largest absolute Gasteiger partial charge is 0.469 e. The van der Waals surface area contributed by atoms with Gasteiger partial charge in [0.2, 0.25) is 0 Å². The number of pyridine rings is 1. The molecular weight excluding hydrogens is 471 g/mol. The molecule has 182 valence electrons. The number of aryl methyl sites for hydroxylation is 1. The van der Waals surface area contributed by atoms with Crippen molar-refractivity contribution in [3.8, 4) is 28.6 Å². The van der Waals surface area contributed by atoms with Crippen molar-refractivity contribution >= 4 is 17.3 Å². The average molecular weight is 491 g/mol. The first-order valence-electron chi connectivity index (χ1n) is 10.7. The lowest BCUT2D eigenvalue weighted by molar-refractivity contribution is -0.140. The second-order valence-electron chi connectivity index (χ2n) is 7.88. The number of benzene rings is 2. The second kappa shape index (κ2) is 9.92. The summed E-state index contributed by atoms with van der Waals surface area (Å²) in [5.74, 6) is -0.557. The van der Waals surface area contributed by atoms with Crippen LogP contribution in [0.2, 0.25) is 0 Å². The fraction of sp³-hybridized carbons (Fsp3) is 0.154.